The lowest BCUT2D eigenvalue weighted by Crippen LogP contribution is -2.48. The molecule has 13 heteroatoms. The minimum absolute atomic E-state index is 0. The van der Waals surface area contributed by atoms with Crippen LogP contribution in [0.3, 0.4) is 0 Å². The number of hydrogen-bond acceptors (Lipinski definition) is 8. The van der Waals surface area contributed by atoms with Crippen molar-refractivity contribution in [1.82, 2.24) is 15.6 Å². The molecule has 0 aliphatic carbocycles. The van der Waals surface area contributed by atoms with Gasteiger partial charge in [0.1, 0.15) is 18.6 Å². The van der Waals surface area contributed by atoms with Crippen molar-refractivity contribution in [2.24, 2.45) is 5.73 Å². The maximum Gasteiger partial charge on any atom is 0.325 e. The number of quaternary nitrogens is 1. The van der Waals surface area contributed by atoms with E-state index >= 15 is 0 Å². The van der Waals surface area contributed by atoms with Gasteiger partial charge in [-0.3, -0.25) is 29.5 Å². The second-order valence-corrected chi connectivity index (χ2v) is 6.99. The Morgan fingerprint density at radius 1 is 1.24 bits per heavy atom. The van der Waals surface area contributed by atoms with E-state index in [-0.39, 0.29) is 23.8 Å². The Hall–Kier alpha value is -3.74. The van der Waals surface area contributed by atoms with E-state index in [4.69, 9.17) is 11.1 Å². The zero-order valence-corrected chi connectivity index (χ0v) is 19.0. The maximum absolute atomic E-state index is 12.6. The SMILES string of the molecule is COC(=O)CN(C(C)=O)C(=O)CNC(=O)C1=C[N+](C)([O-])NC(c2ccc(C(=N)N)cc2)=C1.Cl. The molecule has 0 bridgehead atoms. The fourth-order valence-electron chi connectivity index (χ4n) is 2.79. The van der Waals surface area contributed by atoms with E-state index in [0.717, 1.165) is 20.2 Å². The summed E-state index contributed by atoms with van der Waals surface area (Å²) in [5.41, 5.74) is 9.54. The molecule has 1 aromatic rings. The summed E-state index contributed by atoms with van der Waals surface area (Å²) in [4.78, 5) is 48.5. The number of carbonyl (C=O) groups excluding carboxylic acids is 4. The second kappa shape index (κ2) is 11.2. The number of nitrogens with one attached hydrogen (secondary N) is 3. The molecule has 12 nitrogen and oxygen atoms in total. The highest BCUT2D eigenvalue weighted by atomic mass is 35.5. The summed E-state index contributed by atoms with van der Waals surface area (Å²) < 4.78 is 3.35. The highest BCUT2D eigenvalue weighted by Crippen LogP contribution is 2.22. The standard InChI is InChI=1S/C20H24N6O6.ClH/c1-12(27)25(10-18(29)32-3)17(28)9-23-20(30)15-8-16(24-26(2,31)11-15)13-4-6-14(7-5-13)19(21)22;/h4-8,11,24H,9-10H2,1-3H3,(H3,21,22)(H,23,30);1H. The third-order valence-corrected chi connectivity index (χ3v) is 4.39. The van der Waals surface area contributed by atoms with Crippen LogP contribution < -0.4 is 16.5 Å². The van der Waals surface area contributed by atoms with Crippen molar-refractivity contribution in [2.75, 3.05) is 27.2 Å². The molecule has 3 amide bonds. The molecule has 1 atom stereocenters. The molecule has 33 heavy (non-hydrogen) atoms. The van der Waals surface area contributed by atoms with Crippen molar-refractivity contribution in [1.29, 1.82) is 5.41 Å². The molecule has 0 saturated carbocycles. The Bertz CT molecular complexity index is 1020. The van der Waals surface area contributed by atoms with E-state index in [1.807, 2.05) is 0 Å². The number of imide groups is 1. The molecule has 1 heterocycles. The Morgan fingerprint density at radius 2 is 1.85 bits per heavy atom. The van der Waals surface area contributed by atoms with Crippen molar-refractivity contribution in [2.45, 2.75) is 6.92 Å². The second-order valence-electron chi connectivity index (χ2n) is 6.99. The van der Waals surface area contributed by atoms with E-state index in [0.29, 0.717) is 21.7 Å². The minimum atomic E-state index is -1.10. The molecule has 0 saturated heterocycles. The van der Waals surface area contributed by atoms with Crippen LogP contribution in [0.15, 0.2) is 42.1 Å². The molecule has 0 fully saturated rings. The van der Waals surface area contributed by atoms with Gasteiger partial charge in [0.05, 0.1) is 32.0 Å². The quantitative estimate of drug-likeness (QED) is 0.135. The van der Waals surface area contributed by atoms with Crippen LogP contribution in [0.4, 0.5) is 0 Å². The van der Waals surface area contributed by atoms with Gasteiger partial charge in [0, 0.05) is 18.1 Å². The number of nitrogens with zero attached hydrogens (tertiary/aromatic N) is 2. The number of nitrogen functional groups attached to an aromatic ring is 1. The van der Waals surface area contributed by atoms with Crippen LogP contribution in [0.5, 0.6) is 0 Å². The summed E-state index contributed by atoms with van der Waals surface area (Å²) in [6, 6.07) is 6.47. The number of benzene rings is 1. The lowest BCUT2D eigenvalue weighted by atomic mass is 10.1. The molecular weight excluding hydrogens is 456 g/mol. The van der Waals surface area contributed by atoms with Crippen LogP contribution in [0.25, 0.3) is 5.70 Å². The molecule has 1 unspecified atom stereocenters. The first-order valence-corrected chi connectivity index (χ1v) is 9.34. The molecule has 0 spiro atoms. The number of rotatable bonds is 7. The van der Waals surface area contributed by atoms with Crippen LogP contribution in [-0.2, 0) is 23.9 Å². The predicted octanol–water partition coefficient (Wildman–Crippen LogP) is -0.256. The fraction of sp³-hybridized carbons (Fsp3) is 0.250. The number of amides is 3. The van der Waals surface area contributed by atoms with Crippen LogP contribution in [-0.4, -0.2) is 66.4 Å². The number of esters is 1. The molecule has 2 rings (SSSR count). The first-order valence-electron chi connectivity index (χ1n) is 9.34. The van der Waals surface area contributed by atoms with E-state index in [1.165, 1.54) is 13.1 Å². The van der Waals surface area contributed by atoms with Gasteiger partial charge in [0.2, 0.25) is 11.8 Å². The number of ether oxygens (including phenoxy) is 1. The number of halogens is 1. The lowest BCUT2D eigenvalue weighted by Gasteiger charge is -2.38. The van der Waals surface area contributed by atoms with Gasteiger partial charge in [0.25, 0.3) is 5.91 Å². The molecule has 178 valence electrons. The zero-order valence-electron chi connectivity index (χ0n) is 18.2. The Morgan fingerprint density at radius 3 is 2.36 bits per heavy atom. The van der Waals surface area contributed by atoms with Crippen molar-refractivity contribution in [3.63, 3.8) is 0 Å². The highest BCUT2D eigenvalue weighted by Gasteiger charge is 2.25. The number of methoxy groups -OCH3 is 1. The first kappa shape index (κ1) is 27.3. The molecule has 0 radical (unpaired) electrons. The fourth-order valence-corrected chi connectivity index (χ4v) is 2.79. The van der Waals surface area contributed by atoms with Gasteiger partial charge in [-0.1, -0.05) is 24.3 Å². The number of hydrogen-bond donors (Lipinski definition) is 4. The van der Waals surface area contributed by atoms with Gasteiger partial charge >= 0.3 is 5.97 Å². The molecule has 5 N–H and O–H groups in total. The number of nitrogens with two attached hydrogens (primary N) is 1. The van der Waals surface area contributed by atoms with Crippen molar-refractivity contribution < 1.29 is 28.7 Å². The van der Waals surface area contributed by atoms with Crippen molar-refractivity contribution in [3.05, 3.63) is 58.4 Å². The summed E-state index contributed by atoms with van der Waals surface area (Å²) in [6.45, 7) is -0.0487. The largest absolute Gasteiger partial charge is 0.602 e. The van der Waals surface area contributed by atoms with Gasteiger partial charge in [-0.15, -0.1) is 12.4 Å². The predicted molar refractivity (Wildman–Crippen MR) is 121 cm³/mol. The molecule has 0 aromatic heterocycles. The maximum atomic E-state index is 12.6. The Balaban J connectivity index is 0.00000544. The van der Waals surface area contributed by atoms with Crippen LogP contribution in [0, 0.1) is 10.6 Å². The smallest absolute Gasteiger partial charge is 0.325 e. The normalized spacial score (nSPS) is 16.7. The van der Waals surface area contributed by atoms with Gasteiger partial charge in [-0.2, -0.15) is 0 Å². The number of amidine groups is 1. The van der Waals surface area contributed by atoms with Crippen molar-refractivity contribution in [3.8, 4) is 0 Å². The highest BCUT2D eigenvalue weighted by molar-refractivity contribution is 6.03. The summed E-state index contributed by atoms with van der Waals surface area (Å²) in [5.74, 6) is -3.11. The van der Waals surface area contributed by atoms with Crippen LogP contribution in [0.2, 0.25) is 0 Å². The van der Waals surface area contributed by atoms with E-state index in [9.17, 15) is 24.4 Å². The van der Waals surface area contributed by atoms with E-state index in [1.54, 1.807) is 24.3 Å². The lowest BCUT2D eigenvalue weighted by molar-refractivity contribution is -0.847. The zero-order chi connectivity index (χ0) is 24.1. The first-order chi connectivity index (χ1) is 14.9. The number of hydroxylamine groups is 2. The third kappa shape index (κ3) is 7.42. The summed E-state index contributed by atoms with van der Waals surface area (Å²) >= 11 is 0. The van der Waals surface area contributed by atoms with E-state index < -0.39 is 41.5 Å². The van der Waals surface area contributed by atoms with Gasteiger partial charge in [-0.05, 0) is 6.08 Å². The average Bonchev–Trinajstić information content (AvgIpc) is 2.73. The summed E-state index contributed by atoms with van der Waals surface area (Å²) in [7, 11) is 2.38. The van der Waals surface area contributed by atoms with Gasteiger partial charge < -0.3 is 21.0 Å². The van der Waals surface area contributed by atoms with Gasteiger partial charge in [-0.25, -0.2) is 10.2 Å². The summed E-state index contributed by atoms with van der Waals surface area (Å²) in [5, 5.41) is 22.4. The molecule has 1 aliphatic rings. The molecule has 1 aromatic carbocycles. The van der Waals surface area contributed by atoms with Crippen LogP contribution in [0.1, 0.15) is 18.1 Å². The number of carbonyl (C=O) groups is 4. The monoisotopic (exact) mass is 480 g/mol. The van der Waals surface area contributed by atoms with Gasteiger partial charge in [0.15, 0.2) is 0 Å². The molecular formula is C20H25ClN6O6. The summed E-state index contributed by atoms with van der Waals surface area (Å²) in [6.07, 6.45) is 2.53. The Labute approximate surface area is 196 Å². The Kier molecular flexibility index (Phi) is 9.28. The molecule has 1 aliphatic heterocycles. The topological polar surface area (TPSA) is 178 Å². The van der Waals surface area contributed by atoms with Crippen molar-refractivity contribution >= 4 is 47.6 Å². The average molecular weight is 481 g/mol. The van der Waals surface area contributed by atoms with E-state index in [2.05, 4.69) is 15.5 Å². The van der Waals surface area contributed by atoms with Crippen LogP contribution >= 0.6 is 12.4 Å². The minimum Gasteiger partial charge on any atom is -0.602 e. The third-order valence-electron chi connectivity index (χ3n) is 4.39.